The van der Waals surface area contributed by atoms with Crippen molar-refractivity contribution < 1.29 is 37.3 Å². The van der Waals surface area contributed by atoms with Gasteiger partial charge in [-0.15, -0.1) is 0 Å². The van der Waals surface area contributed by atoms with Gasteiger partial charge in [0.05, 0.1) is 18.3 Å². The highest BCUT2D eigenvalue weighted by Crippen LogP contribution is 2.56. The van der Waals surface area contributed by atoms with Crippen LogP contribution >= 0.6 is 0 Å². The Bertz CT molecular complexity index is 1500. The first-order valence-corrected chi connectivity index (χ1v) is 13.0. The summed E-state index contributed by atoms with van der Waals surface area (Å²) in [5, 5.41) is 9.83. The van der Waals surface area contributed by atoms with Gasteiger partial charge in [0.25, 0.3) is 0 Å². The van der Waals surface area contributed by atoms with Gasteiger partial charge in [0.15, 0.2) is 0 Å². The molecule has 0 saturated carbocycles. The van der Waals surface area contributed by atoms with Crippen LogP contribution in [-0.4, -0.2) is 35.4 Å². The van der Waals surface area contributed by atoms with Gasteiger partial charge < -0.3 is 19.3 Å². The lowest BCUT2D eigenvalue weighted by molar-refractivity contribution is -0.137. The van der Waals surface area contributed by atoms with Crippen molar-refractivity contribution in [3.63, 3.8) is 0 Å². The summed E-state index contributed by atoms with van der Waals surface area (Å²) in [4.78, 5) is 16.0. The Morgan fingerprint density at radius 2 is 1.88 bits per heavy atom. The standard InChI is InChI=1S/C31H30F3NO5/c1-5-18-10-21-20(11-22-27(21)28(22)29(36)38-4)12-25(18)39-15-17-7-6-8-19(9-17)23-14-35-26(40-16-30(2,3)37)13-24(23)31(32,33)34/h6-10,12-14,22,37H,5,11,15-16H2,1-4H3. The molecule has 1 unspecified atom stereocenters. The fraction of sp³-hybridized carbons (Fsp3) is 0.355. The summed E-state index contributed by atoms with van der Waals surface area (Å²) in [5.74, 6) is 0.346. The SMILES string of the molecule is CCc1cc2c(cc1OCc1cccc(-c3cnc(OCC(C)(C)O)cc3C(F)(F)F)c1)CC1C(C(=O)OC)=C21. The summed E-state index contributed by atoms with van der Waals surface area (Å²) in [5.41, 5.74) is 3.87. The van der Waals surface area contributed by atoms with Crippen LogP contribution in [0.4, 0.5) is 13.2 Å². The number of hydrogen-bond acceptors (Lipinski definition) is 6. The summed E-state index contributed by atoms with van der Waals surface area (Å²) in [6, 6.07) is 11.7. The molecule has 6 nitrogen and oxygen atoms in total. The van der Waals surface area contributed by atoms with Crippen molar-refractivity contribution in [2.75, 3.05) is 13.7 Å². The Kier molecular flexibility index (Phi) is 7.12. The van der Waals surface area contributed by atoms with Crippen molar-refractivity contribution in [1.82, 2.24) is 4.98 Å². The molecule has 2 aromatic carbocycles. The van der Waals surface area contributed by atoms with Gasteiger partial charge >= 0.3 is 12.1 Å². The Hall–Kier alpha value is -3.85. The van der Waals surface area contributed by atoms with Gasteiger partial charge in [0, 0.05) is 29.3 Å². The molecule has 1 N–H and O–H groups in total. The van der Waals surface area contributed by atoms with Crippen LogP contribution in [0.25, 0.3) is 16.7 Å². The molecule has 0 fully saturated rings. The predicted octanol–water partition coefficient (Wildman–Crippen LogP) is 6.17. The van der Waals surface area contributed by atoms with Crippen molar-refractivity contribution in [2.24, 2.45) is 5.92 Å². The summed E-state index contributed by atoms with van der Waals surface area (Å²) in [7, 11) is 1.39. The van der Waals surface area contributed by atoms with Crippen molar-refractivity contribution >= 4 is 11.5 Å². The van der Waals surface area contributed by atoms with E-state index in [0.29, 0.717) is 11.1 Å². The molecule has 0 radical (unpaired) electrons. The number of ether oxygens (including phenoxy) is 3. The third-order valence-corrected chi connectivity index (χ3v) is 7.08. The maximum Gasteiger partial charge on any atom is 0.417 e. The van der Waals surface area contributed by atoms with Crippen molar-refractivity contribution in [1.29, 1.82) is 0 Å². The highest BCUT2D eigenvalue weighted by atomic mass is 19.4. The lowest BCUT2D eigenvalue weighted by Crippen LogP contribution is -2.28. The number of allylic oxidation sites excluding steroid dienone is 1. The number of carbonyl (C=O) groups is 1. The van der Waals surface area contributed by atoms with Gasteiger partial charge in [-0.25, -0.2) is 9.78 Å². The molecule has 0 spiro atoms. The summed E-state index contributed by atoms with van der Waals surface area (Å²) >= 11 is 0. The van der Waals surface area contributed by atoms with Crippen molar-refractivity contribution in [3.8, 4) is 22.8 Å². The zero-order valence-corrected chi connectivity index (χ0v) is 22.7. The monoisotopic (exact) mass is 553 g/mol. The number of carbonyl (C=O) groups excluding carboxylic acids is 1. The average Bonchev–Trinajstić information content (AvgIpc) is 3.50. The maximum absolute atomic E-state index is 14.0. The van der Waals surface area contributed by atoms with Crippen LogP contribution in [0.15, 0.2) is 54.2 Å². The van der Waals surface area contributed by atoms with Gasteiger partial charge in [-0.1, -0.05) is 25.1 Å². The molecule has 0 aliphatic heterocycles. The van der Waals surface area contributed by atoms with E-state index in [1.54, 1.807) is 24.3 Å². The number of rotatable bonds is 9. The summed E-state index contributed by atoms with van der Waals surface area (Å²) < 4.78 is 58.3. The van der Waals surface area contributed by atoms with Crippen molar-refractivity contribution in [2.45, 2.75) is 52.0 Å². The molecule has 1 heterocycles. The first-order chi connectivity index (χ1) is 18.9. The second-order valence-corrected chi connectivity index (χ2v) is 10.7. The number of aromatic nitrogens is 1. The molecular formula is C31H30F3NO5. The van der Waals surface area contributed by atoms with E-state index in [1.807, 2.05) is 13.0 Å². The molecule has 0 saturated heterocycles. The van der Waals surface area contributed by atoms with E-state index in [9.17, 15) is 23.1 Å². The molecule has 1 atom stereocenters. The summed E-state index contributed by atoms with van der Waals surface area (Å²) in [6.07, 6.45) is -2.05. The Morgan fingerprint density at radius 3 is 2.55 bits per heavy atom. The molecule has 9 heteroatoms. The van der Waals surface area contributed by atoms with E-state index >= 15 is 0 Å². The van der Waals surface area contributed by atoms with Crippen LogP contribution in [0, 0.1) is 5.92 Å². The number of aliphatic hydroxyl groups is 1. The van der Waals surface area contributed by atoms with E-state index in [2.05, 4.69) is 11.1 Å². The largest absolute Gasteiger partial charge is 0.489 e. The second kappa shape index (κ2) is 10.3. The first-order valence-electron chi connectivity index (χ1n) is 13.0. The molecule has 0 bridgehead atoms. The number of aryl methyl sites for hydroxylation is 1. The number of alkyl halides is 3. The van der Waals surface area contributed by atoms with E-state index in [1.165, 1.54) is 21.0 Å². The van der Waals surface area contributed by atoms with E-state index in [-0.39, 0.29) is 36.5 Å². The maximum atomic E-state index is 14.0. The van der Waals surface area contributed by atoms with Gasteiger partial charge in [-0.05, 0) is 78.3 Å². The fourth-order valence-electron chi connectivity index (χ4n) is 5.11. The first kappa shape index (κ1) is 27.7. The number of hydrogen-bond donors (Lipinski definition) is 1. The lowest BCUT2D eigenvalue weighted by Gasteiger charge is -2.19. The number of fused-ring (bicyclic) bond motifs is 3. The smallest absolute Gasteiger partial charge is 0.417 e. The Labute approximate surface area is 230 Å². The van der Waals surface area contributed by atoms with Crippen LogP contribution in [0.5, 0.6) is 11.6 Å². The van der Waals surface area contributed by atoms with E-state index in [0.717, 1.165) is 58.7 Å². The summed E-state index contributed by atoms with van der Waals surface area (Å²) in [6.45, 7) is 4.97. The van der Waals surface area contributed by atoms with Gasteiger partial charge in [0.2, 0.25) is 5.88 Å². The zero-order valence-electron chi connectivity index (χ0n) is 22.7. The van der Waals surface area contributed by atoms with Crippen LogP contribution in [-0.2, 0) is 35.2 Å². The minimum absolute atomic E-state index is 0.0781. The topological polar surface area (TPSA) is 77.9 Å². The molecule has 0 amide bonds. The van der Waals surface area contributed by atoms with Gasteiger partial charge in [-0.2, -0.15) is 13.2 Å². The number of benzene rings is 2. The van der Waals surface area contributed by atoms with Crippen molar-refractivity contribution in [3.05, 3.63) is 82.1 Å². The lowest BCUT2D eigenvalue weighted by atomic mass is 9.99. The molecule has 40 heavy (non-hydrogen) atoms. The third-order valence-electron chi connectivity index (χ3n) is 7.08. The average molecular weight is 554 g/mol. The number of esters is 1. The van der Waals surface area contributed by atoms with Gasteiger partial charge in [0.1, 0.15) is 19.0 Å². The molecular weight excluding hydrogens is 523 g/mol. The number of pyridine rings is 1. The fourth-order valence-corrected chi connectivity index (χ4v) is 5.11. The number of methoxy groups -OCH3 is 1. The quantitative estimate of drug-likeness (QED) is 0.320. The normalized spacial score (nSPS) is 15.9. The molecule has 210 valence electrons. The third kappa shape index (κ3) is 5.56. The highest BCUT2D eigenvalue weighted by molar-refractivity contribution is 6.12. The zero-order chi connectivity index (χ0) is 28.8. The highest BCUT2D eigenvalue weighted by Gasteiger charge is 2.48. The number of nitrogens with zero attached hydrogens (tertiary/aromatic N) is 1. The van der Waals surface area contributed by atoms with E-state index in [4.69, 9.17) is 14.2 Å². The van der Waals surface area contributed by atoms with Crippen LogP contribution in [0.2, 0.25) is 0 Å². The van der Waals surface area contributed by atoms with Gasteiger partial charge in [-0.3, -0.25) is 0 Å². The molecule has 5 rings (SSSR count). The van der Waals surface area contributed by atoms with Crippen LogP contribution in [0.3, 0.4) is 0 Å². The van der Waals surface area contributed by atoms with E-state index < -0.39 is 17.3 Å². The Balaban J connectivity index is 1.37. The number of halogens is 3. The second-order valence-electron chi connectivity index (χ2n) is 10.7. The molecule has 1 aromatic heterocycles. The van der Waals surface area contributed by atoms with Crippen LogP contribution < -0.4 is 9.47 Å². The minimum atomic E-state index is -4.64. The molecule has 2 aliphatic carbocycles. The molecule has 3 aromatic rings. The Morgan fingerprint density at radius 1 is 1.10 bits per heavy atom. The predicted molar refractivity (Wildman–Crippen MR) is 143 cm³/mol. The minimum Gasteiger partial charge on any atom is -0.489 e. The molecule has 2 aliphatic rings. The van der Waals surface area contributed by atoms with Crippen LogP contribution in [0.1, 0.15) is 48.6 Å².